The van der Waals surface area contributed by atoms with Gasteiger partial charge in [0.25, 0.3) is 0 Å². The molecule has 18 heavy (non-hydrogen) atoms. The molecule has 0 radical (unpaired) electrons. The van der Waals surface area contributed by atoms with Crippen molar-refractivity contribution in [1.82, 2.24) is 4.98 Å². The van der Waals surface area contributed by atoms with Gasteiger partial charge in [0.05, 0.1) is 12.3 Å². The van der Waals surface area contributed by atoms with Crippen molar-refractivity contribution in [3.05, 3.63) is 23.4 Å². The minimum Gasteiger partial charge on any atom is -0.478 e. The van der Waals surface area contributed by atoms with Gasteiger partial charge in [-0.3, -0.25) is 0 Å². The predicted molar refractivity (Wildman–Crippen MR) is 73.7 cm³/mol. The van der Waals surface area contributed by atoms with Crippen molar-refractivity contribution in [2.45, 2.75) is 52.0 Å². The van der Waals surface area contributed by atoms with Gasteiger partial charge in [0, 0.05) is 18.0 Å². The summed E-state index contributed by atoms with van der Waals surface area (Å²) in [4.78, 5) is 4.59. The second-order valence-electron chi connectivity index (χ2n) is 6.23. The Hall–Kier alpha value is -1.09. The molecule has 1 aliphatic carbocycles. The zero-order valence-corrected chi connectivity index (χ0v) is 11.7. The molecule has 1 aliphatic rings. The lowest BCUT2D eigenvalue weighted by Crippen LogP contribution is -2.15. The molecular formula is C15H24N2O. The molecule has 1 aromatic heterocycles. The zero-order chi connectivity index (χ0) is 13.2. The number of rotatable bonds is 5. The van der Waals surface area contributed by atoms with Crippen molar-refractivity contribution in [3.63, 3.8) is 0 Å². The van der Waals surface area contributed by atoms with Crippen LogP contribution >= 0.6 is 0 Å². The van der Waals surface area contributed by atoms with Gasteiger partial charge in [-0.2, -0.15) is 0 Å². The van der Waals surface area contributed by atoms with Gasteiger partial charge in [-0.15, -0.1) is 0 Å². The Morgan fingerprint density at radius 3 is 2.61 bits per heavy atom. The number of nitrogens with zero attached hydrogens (tertiary/aromatic N) is 1. The van der Waals surface area contributed by atoms with E-state index in [0.717, 1.165) is 36.1 Å². The van der Waals surface area contributed by atoms with Crippen LogP contribution in [0.1, 0.15) is 51.3 Å². The number of hydrogen-bond acceptors (Lipinski definition) is 3. The highest BCUT2D eigenvalue weighted by Crippen LogP contribution is 2.32. The van der Waals surface area contributed by atoms with E-state index < -0.39 is 0 Å². The average molecular weight is 248 g/mol. The molecule has 100 valence electrons. The van der Waals surface area contributed by atoms with Gasteiger partial charge < -0.3 is 10.5 Å². The molecule has 0 spiro atoms. The molecule has 1 aromatic rings. The van der Waals surface area contributed by atoms with Crippen molar-refractivity contribution >= 4 is 0 Å². The van der Waals surface area contributed by atoms with Gasteiger partial charge in [-0.25, -0.2) is 4.98 Å². The zero-order valence-electron chi connectivity index (χ0n) is 11.7. The average Bonchev–Trinajstić information content (AvgIpc) is 3.11. The van der Waals surface area contributed by atoms with E-state index >= 15 is 0 Å². The van der Waals surface area contributed by atoms with Gasteiger partial charge in [0.2, 0.25) is 5.88 Å². The number of hydrogen-bond donors (Lipinski definition) is 1. The van der Waals surface area contributed by atoms with Gasteiger partial charge >= 0.3 is 0 Å². The fourth-order valence-corrected chi connectivity index (χ4v) is 1.87. The number of aromatic nitrogens is 1. The molecule has 0 aliphatic heterocycles. The lowest BCUT2D eigenvalue weighted by Gasteiger charge is -2.19. The molecule has 1 heterocycles. The van der Waals surface area contributed by atoms with Crippen LogP contribution < -0.4 is 10.5 Å². The van der Waals surface area contributed by atoms with Gasteiger partial charge in [0.1, 0.15) is 0 Å². The summed E-state index contributed by atoms with van der Waals surface area (Å²) in [6, 6.07) is 4.04. The highest BCUT2D eigenvalue weighted by Gasteiger charge is 2.21. The topological polar surface area (TPSA) is 48.1 Å². The third kappa shape index (κ3) is 3.70. The Bertz CT molecular complexity index is 405. The van der Waals surface area contributed by atoms with Gasteiger partial charge in [-0.05, 0) is 24.0 Å². The monoisotopic (exact) mass is 248 g/mol. The van der Waals surface area contributed by atoms with Crippen LogP contribution in [0.2, 0.25) is 0 Å². The number of pyridine rings is 1. The quantitative estimate of drug-likeness (QED) is 0.871. The minimum absolute atomic E-state index is 0.0276. The lowest BCUT2D eigenvalue weighted by molar-refractivity contribution is 0.288. The smallest absolute Gasteiger partial charge is 0.213 e. The summed E-state index contributed by atoms with van der Waals surface area (Å²) in [5.74, 6) is 1.62. The highest BCUT2D eigenvalue weighted by molar-refractivity contribution is 5.28. The third-order valence-electron chi connectivity index (χ3n) is 3.34. The standard InChI is InChI=1S/C15H24N2O/c1-15(2,3)13-8-12(10-16)9-14(17-13)18-7-6-11-4-5-11/h8-9,11H,4-7,10,16H2,1-3H3. The molecule has 2 rings (SSSR count). The number of ether oxygens (including phenoxy) is 1. The first-order valence-electron chi connectivity index (χ1n) is 6.83. The first-order valence-corrected chi connectivity index (χ1v) is 6.83. The summed E-state index contributed by atoms with van der Waals surface area (Å²) in [5.41, 5.74) is 7.90. The minimum atomic E-state index is 0.0276. The second-order valence-corrected chi connectivity index (χ2v) is 6.23. The maximum atomic E-state index is 5.77. The van der Waals surface area contributed by atoms with Crippen LogP contribution in [0.25, 0.3) is 0 Å². The van der Waals surface area contributed by atoms with Crippen LogP contribution in [-0.2, 0) is 12.0 Å². The second kappa shape index (κ2) is 5.27. The van der Waals surface area contributed by atoms with Crippen LogP contribution in [0.5, 0.6) is 5.88 Å². The Morgan fingerprint density at radius 1 is 1.33 bits per heavy atom. The first kappa shape index (κ1) is 13.3. The van der Waals surface area contributed by atoms with Gasteiger partial charge in [0.15, 0.2) is 0 Å². The maximum absolute atomic E-state index is 5.77. The van der Waals surface area contributed by atoms with Crippen LogP contribution in [0.3, 0.4) is 0 Å². The molecule has 0 unspecified atom stereocenters. The van der Waals surface area contributed by atoms with Gasteiger partial charge in [-0.1, -0.05) is 33.6 Å². The Labute approximate surface area is 110 Å². The fourth-order valence-electron chi connectivity index (χ4n) is 1.87. The summed E-state index contributed by atoms with van der Waals surface area (Å²) >= 11 is 0. The predicted octanol–water partition coefficient (Wildman–Crippen LogP) is 3.02. The van der Waals surface area contributed by atoms with Crippen molar-refractivity contribution < 1.29 is 4.74 Å². The van der Waals surface area contributed by atoms with E-state index in [9.17, 15) is 0 Å². The Balaban J connectivity index is 2.07. The summed E-state index contributed by atoms with van der Waals surface area (Å²) in [5, 5.41) is 0. The van der Waals surface area contributed by atoms with E-state index in [1.807, 2.05) is 6.07 Å². The molecular weight excluding hydrogens is 224 g/mol. The van der Waals surface area contributed by atoms with E-state index in [-0.39, 0.29) is 5.41 Å². The largest absolute Gasteiger partial charge is 0.478 e. The molecule has 1 saturated carbocycles. The SMILES string of the molecule is CC(C)(C)c1cc(CN)cc(OCCC2CC2)n1. The molecule has 0 amide bonds. The van der Waals surface area contributed by atoms with Crippen LogP contribution in [0, 0.1) is 5.92 Å². The van der Waals surface area contributed by atoms with Crippen molar-refractivity contribution in [2.75, 3.05) is 6.61 Å². The molecule has 0 atom stereocenters. The molecule has 3 nitrogen and oxygen atoms in total. The van der Waals surface area contributed by atoms with E-state index in [0.29, 0.717) is 6.54 Å². The van der Waals surface area contributed by atoms with Crippen molar-refractivity contribution in [1.29, 1.82) is 0 Å². The third-order valence-corrected chi connectivity index (χ3v) is 3.34. The van der Waals surface area contributed by atoms with E-state index in [4.69, 9.17) is 10.5 Å². The summed E-state index contributed by atoms with van der Waals surface area (Å²) in [7, 11) is 0. The molecule has 0 saturated heterocycles. The van der Waals surface area contributed by atoms with Crippen LogP contribution in [-0.4, -0.2) is 11.6 Å². The Kier molecular flexibility index (Phi) is 3.91. The van der Waals surface area contributed by atoms with Crippen LogP contribution in [0.15, 0.2) is 12.1 Å². The van der Waals surface area contributed by atoms with E-state index in [2.05, 4.69) is 31.8 Å². The first-order chi connectivity index (χ1) is 8.49. The van der Waals surface area contributed by atoms with E-state index in [1.54, 1.807) is 0 Å². The molecule has 3 heteroatoms. The molecule has 1 fully saturated rings. The summed E-state index contributed by atoms with van der Waals surface area (Å²) < 4.78 is 5.77. The molecule has 0 bridgehead atoms. The molecule has 0 aromatic carbocycles. The maximum Gasteiger partial charge on any atom is 0.213 e. The van der Waals surface area contributed by atoms with Crippen LogP contribution in [0.4, 0.5) is 0 Å². The summed E-state index contributed by atoms with van der Waals surface area (Å²) in [6.45, 7) is 7.77. The number of nitrogens with two attached hydrogens (primary N) is 1. The van der Waals surface area contributed by atoms with Crippen molar-refractivity contribution in [3.8, 4) is 5.88 Å². The van der Waals surface area contributed by atoms with E-state index in [1.165, 1.54) is 12.8 Å². The Morgan fingerprint density at radius 2 is 2.06 bits per heavy atom. The lowest BCUT2D eigenvalue weighted by atomic mass is 9.91. The molecule has 2 N–H and O–H groups in total. The highest BCUT2D eigenvalue weighted by atomic mass is 16.5. The normalized spacial score (nSPS) is 15.8. The van der Waals surface area contributed by atoms with Crippen molar-refractivity contribution in [2.24, 2.45) is 11.7 Å². The summed E-state index contributed by atoms with van der Waals surface area (Å²) in [6.07, 6.45) is 3.89. The fraction of sp³-hybridized carbons (Fsp3) is 0.667.